The molecule has 0 spiro atoms. The smallest absolute Gasteiger partial charge is 0.267 e. The summed E-state index contributed by atoms with van der Waals surface area (Å²) in [4.78, 5) is 21.7. The molecule has 0 aliphatic heterocycles. The fourth-order valence-electron chi connectivity index (χ4n) is 2.43. The third-order valence-corrected chi connectivity index (χ3v) is 5.00. The fourth-order valence-corrected chi connectivity index (χ4v) is 3.44. The van der Waals surface area contributed by atoms with Crippen molar-refractivity contribution in [2.75, 3.05) is 5.32 Å². The number of aryl methyl sites for hydroxylation is 2. The highest BCUT2D eigenvalue weighted by atomic mass is 32.1. The summed E-state index contributed by atoms with van der Waals surface area (Å²) < 4.78 is 5.72. The molecule has 6 heteroatoms. The van der Waals surface area contributed by atoms with Gasteiger partial charge >= 0.3 is 0 Å². The molecule has 0 atom stereocenters. The molecule has 1 amide bonds. The van der Waals surface area contributed by atoms with Crippen molar-refractivity contribution in [3.05, 3.63) is 64.4 Å². The highest BCUT2D eigenvalue weighted by molar-refractivity contribution is 7.13. The molecule has 0 unspecified atom stereocenters. The third-order valence-electron chi connectivity index (χ3n) is 3.79. The maximum absolute atomic E-state index is 12.5. The van der Waals surface area contributed by atoms with E-state index in [-0.39, 0.29) is 5.91 Å². The van der Waals surface area contributed by atoms with E-state index in [1.165, 1.54) is 11.3 Å². The van der Waals surface area contributed by atoms with E-state index >= 15 is 0 Å². The molecule has 0 fully saturated rings. The Balaban J connectivity index is 1.63. The van der Waals surface area contributed by atoms with Crippen LogP contribution in [-0.4, -0.2) is 15.9 Å². The van der Waals surface area contributed by atoms with Crippen LogP contribution in [-0.2, 0) is 6.42 Å². The predicted molar refractivity (Wildman–Crippen MR) is 104 cm³/mol. The Morgan fingerprint density at radius 3 is 2.50 bits per heavy atom. The van der Waals surface area contributed by atoms with Gasteiger partial charge in [0, 0.05) is 18.1 Å². The van der Waals surface area contributed by atoms with E-state index in [4.69, 9.17) is 4.74 Å². The van der Waals surface area contributed by atoms with Crippen LogP contribution in [0.3, 0.4) is 0 Å². The average molecular weight is 367 g/mol. The first kappa shape index (κ1) is 18.1. The number of benzene rings is 1. The van der Waals surface area contributed by atoms with Gasteiger partial charge in [-0.3, -0.25) is 9.78 Å². The molecule has 0 radical (unpaired) electrons. The van der Waals surface area contributed by atoms with E-state index in [0.29, 0.717) is 10.6 Å². The van der Waals surface area contributed by atoms with E-state index in [9.17, 15) is 4.79 Å². The summed E-state index contributed by atoms with van der Waals surface area (Å²) in [6.07, 6.45) is 6.49. The van der Waals surface area contributed by atoms with Crippen molar-refractivity contribution < 1.29 is 9.53 Å². The minimum atomic E-state index is -0.120. The summed E-state index contributed by atoms with van der Waals surface area (Å²) in [6.45, 7) is 4.03. The molecule has 5 nitrogen and oxygen atoms in total. The van der Waals surface area contributed by atoms with Gasteiger partial charge in [-0.1, -0.05) is 13.3 Å². The SMILES string of the molecule is CCCCc1nc(C)c(C(=O)Nc2ccc(Oc3ccncc3)cc2)s1. The number of hydrogen-bond donors (Lipinski definition) is 1. The lowest BCUT2D eigenvalue weighted by Gasteiger charge is -2.07. The van der Waals surface area contributed by atoms with Gasteiger partial charge in [0.15, 0.2) is 0 Å². The van der Waals surface area contributed by atoms with Crippen LogP contribution in [0.2, 0.25) is 0 Å². The number of anilines is 1. The maximum atomic E-state index is 12.5. The van der Waals surface area contributed by atoms with Crippen LogP contribution < -0.4 is 10.1 Å². The molecular formula is C20H21N3O2S. The van der Waals surface area contributed by atoms with Gasteiger partial charge in [0.1, 0.15) is 16.4 Å². The molecule has 2 heterocycles. The molecule has 1 aromatic carbocycles. The first-order valence-electron chi connectivity index (χ1n) is 8.61. The molecule has 134 valence electrons. The number of rotatable bonds is 7. The van der Waals surface area contributed by atoms with E-state index in [1.807, 2.05) is 31.2 Å². The van der Waals surface area contributed by atoms with Crippen molar-refractivity contribution in [2.24, 2.45) is 0 Å². The zero-order valence-electron chi connectivity index (χ0n) is 14.9. The lowest BCUT2D eigenvalue weighted by Crippen LogP contribution is -2.11. The Bertz CT molecular complexity index is 861. The summed E-state index contributed by atoms with van der Waals surface area (Å²) in [5.74, 6) is 1.30. The van der Waals surface area contributed by atoms with Crippen LogP contribution in [0.1, 0.15) is 40.1 Å². The largest absolute Gasteiger partial charge is 0.457 e. The monoisotopic (exact) mass is 367 g/mol. The minimum Gasteiger partial charge on any atom is -0.457 e. The number of unbranched alkanes of at least 4 members (excludes halogenated alkanes) is 1. The fraction of sp³-hybridized carbons (Fsp3) is 0.250. The zero-order chi connectivity index (χ0) is 18.4. The third kappa shape index (κ3) is 4.67. The second kappa shape index (κ2) is 8.58. The number of nitrogens with one attached hydrogen (secondary N) is 1. The molecule has 0 aliphatic rings. The number of aromatic nitrogens is 2. The molecule has 26 heavy (non-hydrogen) atoms. The van der Waals surface area contributed by atoms with Gasteiger partial charge in [-0.2, -0.15) is 0 Å². The molecule has 0 saturated heterocycles. The second-order valence-corrected chi connectivity index (χ2v) is 6.97. The van der Waals surface area contributed by atoms with Crippen molar-refractivity contribution in [1.29, 1.82) is 0 Å². The number of thiazole rings is 1. The standard InChI is InChI=1S/C20H21N3O2S/c1-3-4-5-18-22-14(2)19(26-18)20(24)23-15-6-8-16(9-7-15)25-17-10-12-21-13-11-17/h6-13H,3-5H2,1-2H3,(H,23,24). The van der Waals surface area contributed by atoms with E-state index < -0.39 is 0 Å². The van der Waals surface area contributed by atoms with Crippen LogP contribution in [0.15, 0.2) is 48.8 Å². The number of amides is 1. The normalized spacial score (nSPS) is 10.5. The molecular weight excluding hydrogens is 346 g/mol. The molecule has 2 aromatic heterocycles. The van der Waals surface area contributed by atoms with Gasteiger partial charge in [-0.25, -0.2) is 4.98 Å². The van der Waals surface area contributed by atoms with Crippen LogP contribution in [0.5, 0.6) is 11.5 Å². The van der Waals surface area contributed by atoms with Gasteiger partial charge in [0.05, 0.1) is 10.7 Å². The number of hydrogen-bond acceptors (Lipinski definition) is 5. The van der Waals surface area contributed by atoms with Crippen LogP contribution in [0, 0.1) is 6.92 Å². The summed E-state index contributed by atoms with van der Waals surface area (Å²) in [5.41, 5.74) is 1.51. The molecule has 1 N–H and O–H groups in total. The predicted octanol–water partition coefficient (Wildman–Crippen LogP) is 5.23. The number of carbonyl (C=O) groups is 1. The summed E-state index contributed by atoms with van der Waals surface area (Å²) in [6, 6.07) is 10.9. The van der Waals surface area contributed by atoms with Gasteiger partial charge in [-0.15, -0.1) is 11.3 Å². The Morgan fingerprint density at radius 1 is 1.12 bits per heavy atom. The van der Waals surface area contributed by atoms with Crippen LogP contribution in [0.4, 0.5) is 5.69 Å². The van der Waals surface area contributed by atoms with Crippen molar-refractivity contribution in [3.63, 3.8) is 0 Å². The van der Waals surface area contributed by atoms with Crippen molar-refractivity contribution >= 4 is 22.9 Å². The van der Waals surface area contributed by atoms with Crippen molar-refractivity contribution in [2.45, 2.75) is 33.1 Å². The highest BCUT2D eigenvalue weighted by Gasteiger charge is 2.15. The summed E-state index contributed by atoms with van der Waals surface area (Å²) in [7, 11) is 0. The number of ether oxygens (including phenoxy) is 1. The van der Waals surface area contributed by atoms with Gasteiger partial charge in [-0.05, 0) is 56.2 Å². The number of carbonyl (C=O) groups excluding carboxylic acids is 1. The van der Waals surface area contributed by atoms with Gasteiger partial charge < -0.3 is 10.1 Å². The van der Waals surface area contributed by atoms with E-state index in [1.54, 1.807) is 24.5 Å². The molecule has 0 bridgehead atoms. The maximum Gasteiger partial charge on any atom is 0.267 e. The number of pyridine rings is 1. The van der Waals surface area contributed by atoms with Crippen molar-refractivity contribution in [1.82, 2.24) is 9.97 Å². The topological polar surface area (TPSA) is 64.1 Å². The number of nitrogens with zero attached hydrogens (tertiary/aromatic N) is 2. The van der Waals surface area contributed by atoms with Gasteiger partial charge in [0.25, 0.3) is 5.91 Å². The second-order valence-electron chi connectivity index (χ2n) is 5.89. The summed E-state index contributed by atoms with van der Waals surface area (Å²) in [5, 5.41) is 3.95. The Hall–Kier alpha value is -2.73. The Labute approximate surface area is 157 Å². The minimum absolute atomic E-state index is 0.120. The van der Waals surface area contributed by atoms with Crippen LogP contribution >= 0.6 is 11.3 Å². The zero-order valence-corrected chi connectivity index (χ0v) is 15.7. The Morgan fingerprint density at radius 2 is 1.81 bits per heavy atom. The first-order valence-corrected chi connectivity index (χ1v) is 9.43. The van der Waals surface area contributed by atoms with Gasteiger partial charge in [0.2, 0.25) is 0 Å². The lowest BCUT2D eigenvalue weighted by atomic mass is 10.2. The Kier molecular flexibility index (Phi) is 5.96. The molecule has 3 rings (SSSR count). The first-order chi connectivity index (χ1) is 12.7. The molecule has 0 aliphatic carbocycles. The van der Waals surface area contributed by atoms with E-state index in [2.05, 4.69) is 22.2 Å². The highest BCUT2D eigenvalue weighted by Crippen LogP contribution is 2.24. The van der Waals surface area contributed by atoms with E-state index in [0.717, 1.165) is 41.4 Å². The van der Waals surface area contributed by atoms with Crippen LogP contribution in [0.25, 0.3) is 0 Å². The molecule has 3 aromatic rings. The summed E-state index contributed by atoms with van der Waals surface area (Å²) >= 11 is 1.48. The van der Waals surface area contributed by atoms with Crippen molar-refractivity contribution in [3.8, 4) is 11.5 Å². The average Bonchev–Trinajstić information content (AvgIpc) is 3.03. The lowest BCUT2D eigenvalue weighted by molar-refractivity contribution is 0.103. The quantitative estimate of drug-likeness (QED) is 0.621. The molecule has 0 saturated carbocycles.